The second-order valence-electron chi connectivity index (χ2n) is 5.33. The molecule has 2 nitrogen and oxygen atoms in total. The molecular formula is C11H18ClF2NO. The van der Waals surface area contributed by atoms with Crippen molar-refractivity contribution in [1.82, 2.24) is 5.32 Å². The molecule has 0 aromatic rings. The monoisotopic (exact) mass is 253 g/mol. The fourth-order valence-electron chi connectivity index (χ4n) is 1.92. The minimum absolute atomic E-state index is 0.165. The van der Waals surface area contributed by atoms with Gasteiger partial charge in [0.15, 0.2) is 5.78 Å². The maximum Gasteiger partial charge on any atom is 0.243 e. The van der Waals surface area contributed by atoms with Gasteiger partial charge in [-0.25, -0.2) is 8.78 Å². The molecule has 16 heavy (non-hydrogen) atoms. The molecule has 3 unspecified atom stereocenters. The molecule has 1 heterocycles. The van der Waals surface area contributed by atoms with E-state index in [4.69, 9.17) is 11.6 Å². The summed E-state index contributed by atoms with van der Waals surface area (Å²) >= 11 is 5.83. The zero-order valence-corrected chi connectivity index (χ0v) is 10.5. The van der Waals surface area contributed by atoms with Gasteiger partial charge >= 0.3 is 0 Å². The van der Waals surface area contributed by atoms with Gasteiger partial charge in [-0.05, 0) is 6.42 Å². The van der Waals surface area contributed by atoms with E-state index in [2.05, 4.69) is 5.32 Å². The minimum Gasteiger partial charge on any atom is -0.306 e. The Morgan fingerprint density at radius 1 is 1.44 bits per heavy atom. The Bertz CT molecular complexity index is 265. The van der Waals surface area contributed by atoms with Crippen molar-refractivity contribution in [3.63, 3.8) is 0 Å². The van der Waals surface area contributed by atoms with Gasteiger partial charge in [-0.15, -0.1) is 11.6 Å². The molecule has 1 fully saturated rings. The first-order valence-corrected chi connectivity index (χ1v) is 5.87. The molecule has 0 aromatic carbocycles. The van der Waals surface area contributed by atoms with Gasteiger partial charge in [-0.1, -0.05) is 20.8 Å². The number of ketones is 1. The molecule has 0 aliphatic carbocycles. The van der Waals surface area contributed by atoms with E-state index >= 15 is 0 Å². The molecular weight excluding hydrogens is 236 g/mol. The summed E-state index contributed by atoms with van der Waals surface area (Å²) in [5.74, 6) is -1.13. The van der Waals surface area contributed by atoms with E-state index in [1.807, 2.05) is 0 Å². The van der Waals surface area contributed by atoms with Crippen LogP contribution in [0.2, 0.25) is 0 Å². The van der Waals surface area contributed by atoms with Crippen LogP contribution in [0.1, 0.15) is 27.2 Å². The van der Waals surface area contributed by atoms with Gasteiger partial charge in [0.25, 0.3) is 0 Å². The summed E-state index contributed by atoms with van der Waals surface area (Å²) in [6, 6.07) is -0.769. The van der Waals surface area contributed by atoms with Crippen LogP contribution in [0, 0.1) is 11.3 Å². The third-order valence-electron chi connectivity index (χ3n) is 2.86. The van der Waals surface area contributed by atoms with Crippen LogP contribution < -0.4 is 5.32 Å². The predicted molar refractivity (Wildman–Crippen MR) is 60.0 cm³/mol. The summed E-state index contributed by atoms with van der Waals surface area (Å²) in [7, 11) is 0. The normalized spacial score (nSPS) is 31.8. The quantitative estimate of drug-likeness (QED) is 0.766. The van der Waals surface area contributed by atoms with Crippen molar-refractivity contribution in [1.29, 1.82) is 0 Å². The summed E-state index contributed by atoms with van der Waals surface area (Å²) < 4.78 is 25.7. The Kier molecular flexibility index (Phi) is 4.29. The molecule has 1 aliphatic rings. The lowest BCUT2D eigenvalue weighted by atomic mass is 9.78. The summed E-state index contributed by atoms with van der Waals surface area (Å²) in [5, 5.41) is 2.53. The van der Waals surface area contributed by atoms with Crippen LogP contribution >= 0.6 is 11.6 Å². The molecule has 0 amide bonds. The molecule has 1 N–H and O–H groups in total. The van der Waals surface area contributed by atoms with Crippen molar-refractivity contribution in [2.75, 3.05) is 6.54 Å². The molecule has 1 saturated heterocycles. The molecule has 0 bridgehead atoms. The van der Waals surface area contributed by atoms with Crippen molar-refractivity contribution in [3.8, 4) is 0 Å². The largest absolute Gasteiger partial charge is 0.306 e. The highest BCUT2D eigenvalue weighted by Crippen LogP contribution is 2.30. The Labute approximate surface area is 99.7 Å². The standard InChI is InChI=1S/C11H18ClF2NO/c1-11(2,3)9(16)8-7(10(13)14)4-6(12)5-15-8/h6-8,10,15H,4-5H2,1-3H3. The van der Waals surface area contributed by atoms with Crippen molar-refractivity contribution in [3.05, 3.63) is 0 Å². The van der Waals surface area contributed by atoms with Gasteiger partial charge in [-0.2, -0.15) is 0 Å². The average Bonchev–Trinajstić information content (AvgIpc) is 2.15. The van der Waals surface area contributed by atoms with Gasteiger partial charge in [-0.3, -0.25) is 4.79 Å². The fourth-order valence-corrected chi connectivity index (χ4v) is 2.22. The van der Waals surface area contributed by atoms with E-state index in [9.17, 15) is 13.6 Å². The zero-order chi connectivity index (χ0) is 12.5. The number of carbonyl (C=O) groups is 1. The minimum atomic E-state index is -2.51. The number of halogens is 3. The summed E-state index contributed by atoms with van der Waals surface area (Å²) in [6.07, 6.45) is -2.32. The molecule has 1 aliphatic heterocycles. The van der Waals surface area contributed by atoms with Crippen molar-refractivity contribution in [2.45, 2.75) is 45.0 Å². The van der Waals surface area contributed by atoms with Gasteiger partial charge in [0.1, 0.15) is 0 Å². The number of carbonyl (C=O) groups excluding carboxylic acids is 1. The first kappa shape index (κ1) is 13.8. The SMILES string of the molecule is CC(C)(C)C(=O)C1NCC(Cl)CC1C(F)F. The Balaban J connectivity index is 2.81. The van der Waals surface area contributed by atoms with Crippen molar-refractivity contribution in [2.24, 2.45) is 11.3 Å². The highest BCUT2D eigenvalue weighted by atomic mass is 35.5. The Hall–Kier alpha value is -0.220. The van der Waals surface area contributed by atoms with Gasteiger partial charge in [0, 0.05) is 23.3 Å². The molecule has 1 rings (SSSR count). The number of hydrogen-bond acceptors (Lipinski definition) is 2. The van der Waals surface area contributed by atoms with E-state index in [0.29, 0.717) is 6.54 Å². The predicted octanol–water partition coefficient (Wildman–Crippen LogP) is 2.45. The number of nitrogens with one attached hydrogen (secondary N) is 1. The lowest BCUT2D eigenvalue weighted by molar-refractivity contribution is -0.132. The third kappa shape index (κ3) is 3.14. The Morgan fingerprint density at radius 2 is 2.00 bits per heavy atom. The third-order valence-corrected chi connectivity index (χ3v) is 3.19. The summed E-state index contributed by atoms with van der Waals surface area (Å²) in [5.41, 5.74) is -0.607. The average molecular weight is 254 g/mol. The first-order chi connectivity index (χ1) is 7.23. The molecule has 0 saturated carbocycles. The van der Waals surface area contributed by atoms with Crippen LogP contribution in [0.4, 0.5) is 8.78 Å². The molecule has 3 atom stereocenters. The van der Waals surface area contributed by atoms with Crippen LogP contribution in [0.5, 0.6) is 0 Å². The first-order valence-electron chi connectivity index (χ1n) is 5.43. The van der Waals surface area contributed by atoms with Gasteiger partial charge in [0.05, 0.1) is 6.04 Å². The van der Waals surface area contributed by atoms with Crippen LogP contribution in [0.15, 0.2) is 0 Å². The van der Waals surface area contributed by atoms with Gasteiger partial charge in [0.2, 0.25) is 6.43 Å². The van der Waals surface area contributed by atoms with E-state index < -0.39 is 23.8 Å². The molecule has 0 aromatic heterocycles. The number of piperidine rings is 1. The van der Waals surface area contributed by atoms with E-state index in [1.54, 1.807) is 20.8 Å². The number of alkyl halides is 3. The maximum atomic E-state index is 12.8. The number of rotatable bonds is 2. The smallest absolute Gasteiger partial charge is 0.243 e. The van der Waals surface area contributed by atoms with Gasteiger partial charge < -0.3 is 5.32 Å². The lowest BCUT2D eigenvalue weighted by Crippen LogP contribution is -2.55. The second-order valence-corrected chi connectivity index (χ2v) is 5.95. The van der Waals surface area contributed by atoms with E-state index in [1.165, 1.54) is 0 Å². The van der Waals surface area contributed by atoms with Crippen LogP contribution in [0.25, 0.3) is 0 Å². The maximum absolute atomic E-state index is 12.8. The molecule has 5 heteroatoms. The van der Waals surface area contributed by atoms with Crippen molar-refractivity contribution < 1.29 is 13.6 Å². The van der Waals surface area contributed by atoms with Crippen LogP contribution in [-0.4, -0.2) is 30.2 Å². The lowest BCUT2D eigenvalue weighted by Gasteiger charge is -2.36. The summed E-state index contributed by atoms with van der Waals surface area (Å²) in [6.45, 7) is 5.64. The van der Waals surface area contributed by atoms with E-state index in [0.717, 1.165) is 0 Å². The highest BCUT2D eigenvalue weighted by molar-refractivity contribution is 6.20. The zero-order valence-electron chi connectivity index (χ0n) is 9.77. The molecule has 0 spiro atoms. The van der Waals surface area contributed by atoms with Crippen LogP contribution in [0.3, 0.4) is 0 Å². The molecule has 94 valence electrons. The highest BCUT2D eigenvalue weighted by Gasteiger charge is 2.42. The van der Waals surface area contributed by atoms with Crippen molar-refractivity contribution >= 4 is 17.4 Å². The topological polar surface area (TPSA) is 29.1 Å². The molecule has 0 radical (unpaired) electrons. The Morgan fingerprint density at radius 3 is 2.44 bits per heavy atom. The fraction of sp³-hybridized carbons (Fsp3) is 0.909. The number of hydrogen-bond donors (Lipinski definition) is 1. The number of Topliss-reactive ketones (excluding diaryl/α,β-unsaturated/α-hetero) is 1. The van der Waals surface area contributed by atoms with Crippen LogP contribution in [-0.2, 0) is 4.79 Å². The second kappa shape index (κ2) is 4.96. The summed E-state index contributed by atoms with van der Waals surface area (Å²) in [4.78, 5) is 12.0. The van der Waals surface area contributed by atoms with E-state index in [-0.39, 0.29) is 17.6 Å².